The quantitative estimate of drug-likeness (QED) is 0.0515. The molecule has 10 rings (SSSR count). The summed E-state index contributed by atoms with van der Waals surface area (Å²) in [4.78, 5) is 44.4. The van der Waals surface area contributed by atoms with E-state index >= 15 is 0 Å². The lowest BCUT2D eigenvalue weighted by molar-refractivity contribution is -0.380. The highest BCUT2D eigenvalue weighted by Crippen LogP contribution is 2.44. The van der Waals surface area contributed by atoms with Crippen LogP contribution in [0.5, 0.6) is 5.75 Å². The van der Waals surface area contributed by atoms with Gasteiger partial charge in [0.25, 0.3) is 11.8 Å². The third-order valence-electron chi connectivity index (χ3n) is 14.6. The minimum Gasteiger partial charge on any atom is -0.483 e. The van der Waals surface area contributed by atoms with Gasteiger partial charge in [0.2, 0.25) is 0 Å². The maximum atomic E-state index is 14.9. The number of rotatable bonds is 16. The molecule has 15 heteroatoms. The molecule has 0 spiro atoms. The number of hydrogen-bond acceptors (Lipinski definition) is 13. The van der Waals surface area contributed by atoms with Gasteiger partial charge < -0.3 is 47.1 Å². The fourth-order valence-electron chi connectivity index (χ4n) is 9.77. The van der Waals surface area contributed by atoms with Crippen LogP contribution in [0.3, 0.4) is 0 Å². The number of hydrogen-bond donors (Lipinski definition) is 0. The summed E-state index contributed by atoms with van der Waals surface area (Å²) in [7, 11) is -2.78. The number of carbonyl (C=O) groups is 3. The Bertz CT molecular complexity index is 2870. The number of benzene rings is 6. The van der Waals surface area contributed by atoms with Gasteiger partial charge in [0.15, 0.2) is 39.4 Å². The Labute approximate surface area is 432 Å². The van der Waals surface area contributed by atoms with Crippen LogP contribution in [0.2, 0.25) is 18.1 Å². The average Bonchev–Trinajstić information content (AvgIpc) is 3.65. The van der Waals surface area contributed by atoms with Crippen molar-refractivity contribution in [1.82, 2.24) is 4.90 Å². The largest absolute Gasteiger partial charge is 0.483 e. The van der Waals surface area contributed by atoms with Gasteiger partial charge in [0, 0.05) is 12.5 Å². The van der Waals surface area contributed by atoms with E-state index in [2.05, 4.69) is 33.9 Å². The van der Waals surface area contributed by atoms with Gasteiger partial charge in [-0.05, 0) is 64.3 Å². The number of amides is 2. The molecule has 0 aromatic heterocycles. The normalized spacial score (nSPS) is 27.1. The van der Waals surface area contributed by atoms with Gasteiger partial charge in [0.05, 0.1) is 37.6 Å². The molecular formula is C59H63NO13Si. The van der Waals surface area contributed by atoms with E-state index in [9.17, 15) is 14.4 Å². The SMILES string of the molecule is CC(=O)O[C@H]1[C@H](O[C@H]2[C@H](OCc3ccccc3)[C@@H](N3C(=O)c4ccccc4C3=O)[C@H](O[Si](C)(C)C(C)(C)C)O[C@@H]2COCc2ccccc2)O[C@@H]2COC(c3ccccc3)O[C@H]2[C@@H]1Oc1ccc2ccccc2c1. The molecule has 0 aliphatic carbocycles. The maximum absolute atomic E-state index is 14.9. The van der Waals surface area contributed by atoms with E-state index in [1.54, 1.807) is 24.3 Å². The molecule has 6 aromatic rings. The maximum Gasteiger partial charge on any atom is 0.303 e. The molecule has 2 amide bonds. The summed E-state index contributed by atoms with van der Waals surface area (Å²) in [6.45, 7) is 12.0. The molecule has 6 aromatic carbocycles. The van der Waals surface area contributed by atoms with E-state index in [1.165, 1.54) is 11.8 Å². The molecular weight excluding hydrogens is 959 g/mol. The third-order valence-corrected chi connectivity index (χ3v) is 19.0. The number of carbonyl (C=O) groups excluding carboxylic acids is 3. The molecule has 0 N–H and O–H groups in total. The van der Waals surface area contributed by atoms with Crippen molar-refractivity contribution >= 4 is 36.9 Å². The van der Waals surface area contributed by atoms with Crippen LogP contribution in [0, 0.1) is 0 Å². The highest BCUT2D eigenvalue weighted by molar-refractivity contribution is 6.74. The second-order valence-electron chi connectivity index (χ2n) is 20.7. The van der Waals surface area contributed by atoms with Gasteiger partial charge in [-0.15, -0.1) is 0 Å². The van der Waals surface area contributed by atoms with Crippen LogP contribution in [0.1, 0.15) is 71.4 Å². The first kappa shape index (κ1) is 51.4. The van der Waals surface area contributed by atoms with E-state index in [1.807, 2.05) is 133 Å². The standard InChI is InChI=1S/C59H63NO13Si/c1-37(61)67-53-52(68-43-31-30-40-24-16-17-27-42(40)32-43)50-47(36-66-56(71-50)41-25-14-9-15-26-41)70-58(53)72-49-46(35-64-33-38-20-10-7-11-21-38)69-57(73-74(5,6)59(2,3)4)48(51(49)65-34-39-22-12-8-13-23-39)60-54(62)44-28-18-19-29-45(44)55(60)63/h7-32,46-53,56-58H,33-36H2,1-6H3/t46-,47-,48-,49-,50-,51-,52+,53-,56?,57+,58+/m1/s1. The van der Waals surface area contributed by atoms with Crippen molar-refractivity contribution in [2.75, 3.05) is 13.2 Å². The van der Waals surface area contributed by atoms with Crippen LogP contribution in [0.15, 0.2) is 158 Å². The molecule has 1 unspecified atom stereocenters. The summed E-state index contributed by atoms with van der Waals surface area (Å²) < 4.78 is 68.6. The van der Waals surface area contributed by atoms with Crippen LogP contribution >= 0.6 is 0 Å². The monoisotopic (exact) mass is 1020 g/mol. The highest BCUT2D eigenvalue weighted by Gasteiger charge is 2.60. The van der Waals surface area contributed by atoms with Gasteiger partial charge in [-0.3, -0.25) is 19.3 Å². The van der Waals surface area contributed by atoms with Crippen LogP contribution in [-0.2, 0) is 60.3 Å². The van der Waals surface area contributed by atoms with Crippen molar-refractivity contribution in [2.45, 2.75) is 127 Å². The molecule has 4 aliphatic rings. The number of esters is 1. The summed E-state index contributed by atoms with van der Waals surface area (Å²) in [5.41, 5.74) is 3.01. The second-order valence-corrected chi connectivity index (χ2v) is 25.4. The molecule has 4 aliphatic heterocycles. The summed E-state index contributed by atoms with van der Waals surface area (Å²) in [6, 6.07) is 48.0. The second kappa shape index (κ2) is 22.0. The molecule has 0 radical (unpaired) electrons. The van der Waals surface area contributed by atoms with Gasteiger partial charge >= 0.3 is 5.97 Å². The first-order chi connectivity index (χ1) is 35.7. The lowest BCUT2D eigenvalue weighted by Crippen LogP contribution is -2.70. The van der Waals surface area contributed by atoms with Crippen molar-refractivity contribution in [3.05, 3.63) is 186 Å². The Balaban J connectivity index is 1.09. The van der Waals surface area contributed by atoms with Crippen molar-refractivity contribution in [3.63, 3.8) is 0 Å². The van der Waals surface area contributed by atoms with Crippen LogP contribution in [0.25, 0.3) is 10.8 Å². The average molecular weight is 1020 g/mol. The van der Waals surface area contributed by atoms with E-state index in [-0.39, 0.29) is 42.6 Å². The predicted octanol–water partition coefficient (Wildman–Crippen LogP) is 9.96. The molecule has 3 fully saturated rings. The predicted molar refractivity (Wildman–Crippen MR) is 276 cm³/mol. The number of ether oxygens (including phenoxy) is 9. The highest BCUT2D eigenvalue weighted by atomic mass is 28.4. The smallest absolute Gasteiger partial charge is 0.303 e. The van der Waals surface area contributed by atoms with Gasteiger partial charge in [-0.2, -0.15) is 0 Å². The fourth-order valence-corrected chi connectivity index (χ4v) is 10.9. The van der Waals surface area contributed by atoms with Crippen molar-refractivity contribution < 1.29 is 61.4 Å². The Kier molecular flexibility index (Phi) is 15.3. The summed E-state index contributed by atoms with van der Waals surface area (Å²) in [5, 5.41) is 1.62. The lowest BCUT2D eigenvalue weighted by atomic mass is 9.93. The Morgan fingerprint density at radius 3 is 1.92 bits per heavy atom. The van der Waals surface area contributed by atoms with Crippen LogP contribution in [-0.4, -0.2) is 106 Å². The van der Waals surface area contributed by atoms with Crippen LogP contribution < -0.4 is 4.74 Å². The van der Waals surface area contributed by atoms with Gasteiger partial charge in [-0.25, -0.2) is 0 Å². The summed E-state index contributed by atoms with van der Waals surface area (Å²) in [5.74, 6) is -1.20. The fraction of sp³-hybridized carbons (Fsp3) is 0.373. The molecule has 0 saturated carbocycles. The van der Waals surface area contributed by atoms with Crippen molar-refractivity contribution in [3.8, 4) is 5.75 Å². The zero-order valence-corrected chi connectivity index (χ0v) is 43.4. The van der Waals surface area contributed by atoms with Crippen LogP contribution in [0.4, 0.5) is 0 Å². The molecule has 14 nitrogen and oxygen atoms in total. The van der Waals surface area contributed by atoms with Gasteiger partial charge in [-0.1, -0.05) is 154 Å². The third kappa shape index (κ3) is 11.0. The number of nitrogens with zero attached hydrogens (tertiary/aromatic N) is 1. The van der Waals surface area contributed by atoms with Crippen molar-refractivity contribution in [1.29, 1.82) is 0 Å². The zero-order valence-electron chi connectivity index (χ0n) is 42.4. The number of fused-ring (bicyclic) bond motifs is 3. The van der Waals surface area contributed by atoms with E-state index in [0.717, 1.165) is 27.5 Å². The minimum absolute atomic E-state index is 0.0370. The molecule has 3 saturated heterocycles. The Morgan fingerprint density at radius 1 is 0.662 bits per heavy atom. The topological polar surface area (TPSA) is 147 Å². The lowest BCUT2D eigenvalue weighted by Gasteiger charge is -2.53. The number of imide groups is 1. The van der Waals surface area contributed by atoms with Gasteiger partial charge in [0.1, 0.15) is 42.3 Å². The van der Waals surface area contributed by atoms with E-state index < -0.39 is 93.7 Å². The molecule has 11 atom stereocenters. The molecule has 4 heterocycles. The van der Waals surface area contributed by atoms with Crippen molar-refractivity contribution in [2.24, 2.45) is 0 Å². The summed E-state index contributed by atoms with van der Waals surface area (Å²) in [6.07, 6.45) is -10.8. The molecule has 386 valence electrons. The summed E-state index contributed by atoms with van der Waals surface area (Å²) >= 11 is 0. The first-order valence-electron chi connectivity index (χ1n) is 25.3. The Hall–Kier alpha value is -6.11. The minimum atomic E-state index is -2.78. The molecule has 0 bridgehead atoms. The van der Waals surface area contributed by atoms with E-state index in [0.29, 0.717) is 5.75 Å². The van der Waals surface area contributed by atoms with E-state index in [4.69, 9.17) is 47.1 Å². The Morgan fingerprint density at radius 2 is 1.27 bits per heavy atom. The first-order valence-corrected chi connectivity index (χ1v) is 28.2. The molecule has 74 heavy (non-hydrogen) atoms. The zero-order chi connectivity index (χ0) is 51.6.